The number of thiazole rings is 1. The molecule has 0 aliphatic carbocycles. The van der Waals surface area contributed by atoms with E-state index in [4.69, 9.17) is 11.6 Å². The minimum atomic E-state index is -3.65. The summed E-state index contributed by atoms with van der Waals surface area (Å²) < 4.78 is 27.7. The molecule has 1 heterocycles. The average molecular weight is 367 g/mol. The highest BCUT2D eigenvalue weighted by atomic mass is 35.5. The molecule has 3 rings (SSSR count). The summed E-state index contributed by atoms with van der Waals surface area (Å²) in [6.45, 7) is 2.08. The molecule has 0 atom stereocenters. The van der Waals surface area contributed by atoms with Crippen LogP contribution in [-0.2, 0) is 16.6 Å². The van der Waals surface area contributed by atoms with Gasteiger partial charge in [0.05, 0.1) is 21.8 Å². The lowest BCUT2D eigenvalue weighted by atomic mass is 10.2. The van der Waals surface area contributed by atoms with Gasteiger partial charge in [0, 0.05) is 7.05 Å². The van der Waals surface area contributed by atoms with E-state index in [2.05, 4.69) is 4.98 Å². The molecule has 0 saturated carbocycles. The van der Waals surface area contributed by atoms with Crippen LogP contribution in [0, 0.1) is 6.92 Å². The summed E-state index contributed by atoms with van der Waals surface area (Å²) in [7, 11) is -2.11. The van der Waals surface area contributed by atoms with Crippen LogP contribution in [0.5, 0.6) is 0 Å². The van der Waals surface area contributed by atoms with Crippen LogP contribution in [-0.4, -0.2) is 24.8 Å². The zero-order valence-electron chi connectivity index (χ0n) is 12.7. The molecule has 4 nitrogen and oxygen atoms in total. The summed E-state index contributed by atoms with van der Waals surface area (Å²) in [5.41, 5.74) is 1.80. The quantitative estimate of drug-likeness (QED) is 0.699. The largest absolute Gasteiger partial charge is 0.244 e. The lowest BCUT2D eigenvalue weighted by molar-refractivity contribution is 0.466. The maximum atomic E-state index is 12.7. The Hall–Kier alpha value is -1.47. The number of fused-ring (bicyclic) bond motifs is 1. The Balaban J connectivity index is 1.90. The summed E-state index contributed by atoms with van der Waals surface area (Å²) in [6.07, 6.45) is 0. The number of rotatable bonds is 4. The molecule has 120 valence electrons. The average Bonchev–Trinajstić information content (AvgIpc) is 2.88. The highest BCUT2D eigenvalue weighted by Crippen LogP contribution is 2.27. The molecule has 0 aliphatic rings. The fraction of sp³-hybridized carbons (Fsp3) is 0.188. The molecule has 0 saturated heterocycles. The summed E-state index contributed by atoms with van der Waals surface area (Å²) in [5.74, 6) is 0. The number of benzene rings is 2. The highest BCUT2D eigenvalue weighted by Gasteiger charge is 2.24. The van der Waals surface area contributed by atoms with E-state index in [9.17, 15) is 8.42 Å². The molecule has 1 aromatic heterocycles. The van der Waals surface area contributed by atoms with Crippen LogP contribution < -0.4 is 0 Å². The van der Waals surface area contributed by atoms with Crippen LogP contribution in [0.2, 0.25) is 5.02 Å². The Morgan fingerprint density at radius 1 is 1.22 bits per heavy atom. The molecule has 0 N–H and O–H groups in total. The Bertz CT molecular complexity index is 934. The standard InChI is InChI=1S/C16H15ClN2O2S2/c1-11-7-8-15(12(17)9-11)23(20,21)19(2)10-16-18-13-5-3-4-6-14(13)22-16/h3-9H,10H2,1-2H3. The lowest BCUT2D eigenvalue weighted by Crippen LogP contribution is -2.26. The molecule has 0 aliphatic heterocycles. The Morgan fingerprint density at radius 2 is 1.96 bits per heavy atom. The predicted octanol–water partition coefficient (Wildman–Crippen LogP) is 4.08. The van der Waals surface area contributed by atoms with E-state index in [0.29, 0.717) is 0 Å². The fourth-order valence-corrected chi connectivity index (χ4v) is 5.05. The van der Waals surface area contributed by atoms with Crippen molar-refractivity contribution >= 4 is 43.2 Å². The van der Waals surface area contributed by atoms with Gasteiger partial charge in [0.15, 0.2) is 0 Å². The second kappa shape index (κ2) is 6.20. The first-order chi connectivity index (χ1) is 10.9. The monoisotopic (exact) mass is 366 g/mol. The molecule has 0 fully saturated rings. The molecular formula is C16H15ClN2O2S2. The molecule has 0 radical (unpaired) electrons. The molecule has 2 aromatic carbocycles. The van der Waals surface area contributed by atoms with Crippen molar-refractivity contribution < 1.29 is 8.42 Å². The van der Waals surface area contributed by atoms with Gasteiger partial charge in [-0.3, -0.25) is 0 Å². The third-order valence-corrected chi connectivity index (χ3v) is 6.78. The SMILES string of the molecule is Cc1ccc(S(=O)(=O)N(C)Cc2nc3ccccc3s2)c(Cl)c1. The van der Waals surface area contributed by atoms with Gasteiger partial charge < -0.3 is 0 Å². The van der Waals surface area contributed by atoms with Crippen LogP contribution in [0.15, 0.2) is 47.4 Å². The highest BCUT2D eigenvalue weighted by molar-refractivity contribution is 7.89. The molecule has 0 amide bonds. The van der Waals surface area contributed by atoms with Gasteiger partial charge in [-0.1, -0.05) is 29.8 Å². The van der Waals surface area contributed by atoms with Crippen molar-refractivity contribution in [2.24, 2.45) is 0 Å². The van der Waals surface area contributed by atoms with Crippen molar-refractivity contribution in [1.29, 1.82) is 0 Å². The van der Waals surface area contributed by atoms with Gasteiger partial charge in [-0.2, -0.15) is 4.31 Å². The number of sulfonamides is 1. The van der Waals surface area contributed by atoms with Crippen LogP contribution >= 0.6 is 22.9 Å². The Labute approximate surface area is 144 Å². The van der Waals surface area contributed by atoms with Gasteiger partial charge in [-0.25, -0.2) is 13.4 Å². The van der Waals surface area contributed by atoms with Gasteiger partial charge >= 0.3 is 0 Å². The second-order valence-electron chi connectivity index (χ2n) is 5.27. The van der Waals surface area contributed by atoms with Gasteiger partial charge in [0.25, 0.3) is 0 Å². The van der Waals surface area contributed by atoms with Gasteiger partial charge in [0.2, 0.25) is 10.0 Å². The summed E-state index contributed by atoms with van der Waals surface area (Å²) in [6, 6.07) is 12.7. The minimum absolute atomic E-state index is 0.119. The molecule has 0 spiro atoms. The predicted molar refractivity (Wildman–Crippen MR) is 94.5 cm³/mol. The van der Waals surface area contributed by atoms with E-state index in [1.165, 1.54) is 22.7 Å². The molecule has 3 aromatic rings. The van der Waals surface area contributed by atoms with Gasteiger partial charge in [-0.05, 0) is 36.8 Å². The number of aryl methyl sites for hydroxylation is 1. The number of nitrogens with zero attached hydrogens (tertiary/aromatic N) is 2. The molecule has 0 unspecified atom stereocenters. The van der Waals surface area contributed by atoms with Gasteiger partial charge in [-0.15, -0.1) is 11.3 Å². The molecule has 23 heavy (non-hydrogen) atoms. The maximum Gasteiger partial charge on any atom is 0.244 e. The van der Waals surface area contributed by atoms with E-state index >= 15 is 0 Å². The van der Waals surface area contributed by atoms with Crippen molar-refractivity contribution in [2.75, 3.05) is 7.05 Å². The Morgan fingerprint density at radius 3 is 2.65 bits per heavy atom. The Kier molecular flexibility index (Phi) is 4.42. The number of para-hydroxylation sites is 1. The normalized spacial score (nSPS) is 12.2. The van der Waals surface area contributed by atoms with E-state index in [-0.39, 0.29) is 16.5 Å². The number of halogens is 1. The number of aromatic nitrogens is 1. The smallest absolute Gasteiger partial charge is 0.240 e. The fourth-order valence-electron chi connectivity index (χ4n) is 2.25. The maximum absolute atomic E-state index is 12.7. The van der Waals surface area contributed by atoms with E-state index in [1.807, 2.05) is 31.2 Å². The van der Waals surface area contributed by atoms with Crippen molar-refractivity contribution in [3.05, 3.63) is 58.1 Å². The van der Waals surface area contributed by atoms with Crippen LogP contribution in [0.1, 0.15) is 10.6 Å². The van der Waals surface area contributed by atoms with E-state index in [1.54, 1.807) is 18.2 Å². The molecule has 7 heteroatoms. The number of hydrogen-bond donors (Lipinski definition) is 0. The summed E-state index contributed by atoms with van der Waals surface area (Å²) in [5, 5.41) is 0.988. The van der Waals surface area contributed by atoms with Crippen molar-refractivity contribution in [1.82, 2.24) is 9.29 Å². The van der Waals surface area contributed by atoms with Gasteiger partial charge in [0.1, 0.15) is 9.90 Å². The molecular weight excluding hydrogens is 352 g/mol. The third kappa shape index (κ3) is 3.26. The topological polar surface area (TPSA) is 50.3 Å². The van der Waals surface area contributed by atoms with Crippen LogP contribution in [0.25, 0.3) is 10.2 Å². The second-order valence-corrected chi connectivity index (χ2v) is 8.81. The zero-order chi connectivity index (χ0) is 16.6. The first-order valence-corrected chi connectivity index (χ1v) is 9.58. The van der Waals surface area contributed by atoms with Crippen molar-refractivity contribution in [3.8, 4) is 0 Å². The molecule has 0 bridgehead atoms. The number of hydrogen-bond acceptors (Lipinski definition) is 4. The first kappa shape index (κ1) is 16.4. The minimum Gasteiger partial charge on any atom is -0.240 e. The summed E-state index contributed by atoms with van der Waals surface area (Å²) in [4.78, 5) is 4.59. The van der Waals surface area contributed by atoms with Crippen molar-refractivity contribution in [3.63, 3.8) is 0 Å². The zero-order valence-corrected chi connectivity index (χ0v) is 15.0. The first-order valence-electron chi connectivity index (χ1n) is 6.95. The van der Waals surface area contributed by atoms with Crippen molar-refractivity contribution in [2.45, 2.75) is 18.4 Å². The lowest BCUT2D eigenvalue weighted by Gasteiger charge is -2.17. The third-order valence-electron chi connectivity index (χ3n) is 3.47. The van der Waals surface area contributed by atoms with E-state index in [0.717, 1.165) is 20.8 Å². The van der Waals surface area contributed by atoms with E-state index < -0.39 is 10.0 Å². The summed E-state index contributed by atoms with van der Waals surface area (Å²) >= 11 is 7.60. The van der Waals surface area contributed by atoms with Crippen LogP contribution in [0.3, 0.4) is 0 Å². The van der Waals surface area contributed by atoms with Crippen LogP contribution in [0.4, 0.5) is 0 Å².